The molecule has 6 nitrogen and oxygen atoms in total. The lowest BCUT2D eigenvalue weighted by Crippen LogP contribution is -2.54. The van der Waals surface area contributed by atoms with Gasteiger partial charge in [-0.2, -0.15) is 0 Å². The largest absolute Gasteiger partial charge is 0.378 e. The van der Waals surface area contributed by atoms with Crippen LogP contribution in [-0.4, -0.2) is 72.4 Å². The van der Waals surface area contributed by atoms with Crippen molar-refractivity contribution in [1.82, 2.24) is 20.2 Å². The minimum absolute atomic E-state index is 0.493. The van der Waals surface area contributed by atoms with Gasteiger partial charge in [-0.1, -0.05) is 0 Å². The summed E-state index contributed by atoms with van der Waals surface area (Å²) in [4.78, 5) is 14.2. The molecule has 3 fully saturated rings. The van der Waals surface area contributed by atoms with Gasteiger partial charge in [0.05, 0.1) is 19.3 Å². The van der Waals surface area contributed by atoms with Crippen molar-refractivity contribution in [2.45, 2.75) is 57.7 Å². The first-order valence-electron chi connectivity index (χ1n) is 9.84. The van der Waals surface area contributed by atoms with E-state index in [0.717, 1.165) is 56.5 Å². The van der Waals surface area contributed by atoms with Gasteiger partial charge in [0, 0.05) is 36.6 Å². The van der Waals surface area contributed by atoms with E-state index >= 15 is 0 Å². The summed E-state index contributed by atoms with van der Waals surface area (Å²) in [5, 5.41) is 3.91. The summed E-state index contributed by atoms with van der Waals surface area (Å²) in [6.07, 6.45) is 4.99. The van der Waals surface area contributed by atoms with Crippen molar-refractivity contribution in [2.75, 3.05) is 44.3 Å². The number of hydrogen-bond acceptors (Lipinski definition) is 6. The molecule has 0 aliphatic carbocycles. The highest BCUT2D eigenvalue weighted by atomic mass is 16.5. The molecule has 0 unspecified atom stereocenters. The number of nitrogens with one attached hydrogen (secondary N) is 1. The number of rotatable bonds is 4. The first-order valence-corrected chi connectivity index (χ1v) is 9.84. The molecule has 0 amide bonds. The summed E-state index contributed by atoms with van der Waals surface area (Å²) in [6, 6.07) is 3.69. The van der Waals surface area contributed by atoms with E-state index in [1.807, 2.05) is 19.9 Å². The number of nitrogens with zero attached hydrogens (tertiary/aromatic N) is 4. The zero-order valence-electron chi connectivity index (χ0n) is 15.6. The number of hydrogen-bond donors (Lipinski definition) is 1. The van der Waals surface area contributed by atoms with Gasteiger partial charge in [0.1, 0.15) is 0 Å². The highest BCUT2D eigenvalue weighted by molar-refractivity contribution is 5.32. The smallest absolute Gasteiger partial charge is 0.225 e. The van der Waals surface area contributed by atoms with Crippen molar-refractivity contribution in [3.8, 4) is 0 Å². The molecule has 6 heteroatoms. The van der Waals surface area contributed by atoms with Crippen LogP contribution >= 0.6 is 0 Å². The Bertz CT molecular complexity index is 561. The third-order valence-electron chi connectivity index (χ3n) is 5.86. The van der Waals surface area contributed by atoms with Crippen molar-refractivity contribution in [3.63, 3.8) is 0 Å². The van der Waals surface area contributed by atoms with Crippen LogP contribution in [0.4, 0.5) is 5.95 Å². The molecule has 3 saturated heterocycles. The molecule has 1 N–H and O–H groups in total. The highest BCUT2D eigenvalue weighted by Crippen LogP contribution is 2.22. The van der Waals surface area contributed by atoms with Crippen molar-refractivity contribution in [2.24, 2.45) is 0 Å². The van der Waals surface area contributed by atoms with E-state index in [1.54, 1.807) is 0 Å². The van der Waals surface area contributed by atoms with Gasteiger partial charge in [0.25, 0.3) is 0 Å². The first-order chi connectivity index (χ1) is 12.2. The average Bonchev–Trinajstić information content (AvgIpc) is 3.25. The van der Waals surface area contributed by atoms with Crippen LogP contribution in [0.25, 0.3) is 0 Å². The van der Waals surface area contributed by atoms with Crippen LogP contribution in [-0.2, 0) is 4.74 Å². The van der Waals surface area contributed by atoms with Crippen molar-refractivity contribution >= 4 is 5.95 Å². The number of ether oxygens (including phenoxy) is 1. The topological polar surface area (TPSA) is 53.5 Å². The SMILES string of the molecule is Cc1cc(C)nc(N2CCC(N[C@@H]3COC[C@H]3N3CCCC3)CC2)n1. The summed E-state index contributed by atoms with van der Waals surface area (Å²) in [7, 11) is 0. The average molecular weight is 345 g/mol. The summed E-state index contributed by atoms with van der Waals surface area (Å²) < 4.78 is 5.81. The lowest BCUT2D eigenvalue weighted by atomic mass is 10.0. The Morgan fingerprint density at radius 3 is 2.36 bits per heavy atom. The van der Waals surface area contributed by atoms with Crippen LogP contribution in [0.15, 0.2) is 6.07 Å². The number of likely N-dealkylation sites (tertiary alicyclic amines) is 1. The van der Waals surface area contributed by atoms with Crippen LogP contribution in [0.1, 0.15) is 37.1 Å². The van der Waals surface area contributed by atoms with E-state index in [9.17, 15) is 0 Å². The lowest BCUT2D eigenvalue weighted by molar-refractivity contribution is 0.158. The predicted molar refractivity (Wildman–Crippen MR) is 99.1 cm³/mol. The standard InChI is InChI=1S/C19H31N5O/c1-14-11-15(2)21-19(20-14)24-9-5-16(6-10-24)22-17-12-25-13-18(17)23-7-3-4-8-23/h11,16-18,22H,3-10,12-13H2,1-2H3/t17-,18-/m1/s1. The van der Waals surface area contributed by atoms with Crippen molar-refractivity contribution in [1.29, 1.82) is 0 Å². The lowest BCUT2D eigenvalue weighted by Gasteiger charge is -2.36. The molecule has 1 aromatic heterocycles. The number of piperidine rings is 1. The summed E-state index contributed by atoms with van der Waals surface area (Å²) in [6.45, 7) is 10.4. The van der Waals surface area contributed by atoms with Crippen LogP contribution in [0.2, 0.25) is 0 Å². The van der Waals surface area contributed by atoms with E-state index in [2.05, 4.69) is 25.1 Å². The summed E-state index contributed by atoms with van der Waals surface area (Å²) in [5.74, 6) is 0.898. The molecule has 0 saturated carbocycles. The van der Waals surface area contributed by atoms with Gasteiger partial charge < -0.3 is 15.0 Å². The zero-order chi connectivity index (χ0) is 17.2. The molecule has 138 valence electrons. The van der Waals surface area contributed by atoms with Crippen LogP contribution in [0, 0.1) is 13.8 Å². The number of aromatic nitrogens is 2. The molecule has 0 bridgehead atoms. The van der Waals surface area contributed by atoms with E-state index in [1.165, 1.54) is 25.9 Å². The third kappa shape index (κ3) is 3.96. The molecular weight excluding hydrogens is 314 g/mol. The molecule has 4 heterocycles. The van der Waals surface area contributed by atoms with Gasteiger partial charge in [-0.3, -0.25) is 4.90 Å². The van der Waals surface area contributed by atoms with Gasteiger partial charge in [0.15, 0.2) is 0 Å². The Labute approximate surface area is 151 Å². The molecule has 1 aromatic rings. The maximum atomic E-state index is 5.81. The minimum atomic E-state index is 0.493. The fourth-order valence-corrected chi connectivity index (χ4v) is 4.53. The molecular formula is C19H31N5O. The van der Waals surface area contributed by atoms with Gasteiger partial charge in [-0.05, 0) is 58.7 Å². The fourth-order valence-electron chi connectivity index (χ4n) is 4.53. The van der Waals surface area contributed by atoms with Crippen LogP contribution in [0.5, 0.6) is 0 Å². The molecule has 3 aliphatic rings. The number of aryl methyl sites for hydroxylation is 2. The second kappa shape index (κ2) is 7.56. The molecule has 0 spiro atoms. The normalized spacial score (nSPS) is 28.8. The Balaban J connectivity index is 1.31. The summed E-state index contributed by atoms with van der Waals surface area (Å²) in [5.41, 5.74) is 2.11. The maximum absolute atomic E-state index is 5.81. The van der Waals surface area contributed by atoms with Crippen LogP contribution in [0.3, 0.4) is 0 Å². The van der Waals surface area contributed by atoms with E-state index < -0.39 is 0 Å². The Morgan fingerprint density at radius 2 is 1.68 bits per heavy atom. The minimum Gasteiger partial charge on any atom is -0.378 e. The number of anilines is 1. The zero-order valence-corrected chi connectivity index (χ0v) is 15.6. The molecule has 2 atom stereocenters. The molecule has 25 heavy (non-hydrogen) atoms. The van der Waals surface area contributed by atoms with Gasteiger partial charge in [0.2, 0.25) is 5.95 Å². The second-order valence-electron chi connectivity index (χ2n) is 7.83. The van der Waals surface area contributed by atoms with E-state index in [-0.39, 0.29) is 0 Å². The van der Waals surface area contributed by atoms with Gasteiger partial charge >= 0.3 is 0 Å². The van der Waals surface area contributed by atoms with Crippen LogP contribution < -0.4 is 10.2 Å². The predicted octanol–water partition coefficient (Wildman–Crippen LogP) is 1.52. The molecule has 4 rings (SSSR count). The Kier molecular flexibility index (Phi) is 5.20. The maximum Gasteiger partial charge on any atom is 0.225 e. The summed E-state index contributed by atoms with van der Waals surface area (Å²) >= 11 is 0. The molecule has 0 radical (unpaired) electrons. The molecule has 0 aromatic carbocycles. The Hall–Kier alpha value is -1.24. The van der Waals surface area contributed by atoms with E-state index in [4.69, 9.17) is 4.74 Å². The van der Waals surface area contributed by atoms with Crippen molar-refractivity contribution < 1.29 is 4.74 Å². The third-order valence-corrected chi connectivity index (χ3v) is 5.86. The van der Waals surface area contributed by atoms with Gasteiger partial charge in [-0.15, -0.1) is 0 Å². The Morgan fingerprint density at radius 1 is 1.00 bits per heavy atom. The highest BCUT2D eigenvalue weighted by Gasteiger charge is 2.36. The fraction of sp³-hybridized carbons (Fsp3) is 0.789. The van der Waals surface area contributed by atoms with E-state index in [0.29, 0.717) is 18.1 Å². The first kappa shape index (κ1) is 17.2. The van der Waals surface area contributed by atoms with Crippen molar-refractivity contribution in [3.05, 3.63) is 17.5 Å². The second-order valence-corrected chi connectivity index (χ2v) is 7.83. The van der Waals surface area contributed by atoms with Gasteiger partial charge in [-0.25, -0.2) is 9.97 Å². The monoisotopic (exact) mass is 345 g/mol. The molecule has 3 aliphatic heterocycles. The quantitative estimate of drug-likeness (QED) is 0.893.